The van der Waals surface area contributed by atoms with Crippen molar-refractivity contribution in [2.45, 2.75) is 37.5 Å². The number of ether oxygens (including phenoxy) is 1. The van der Waals surface area contributed by atoms with Crippen molar-refractivity contribution in [3.8, 4) is 5.75 Å². The van der Waals surface area contributed by atoms with Crippen LogP contribution < -0.4 is 15.4 Å². The largest absolute Gasteiger partial charge is 0.496 e. The molecule has 2 aliphatic heterocycles. The minimum absolute atomic E-state index is 0.170. The lowest BCUT2D eigenvalue weighted by Crippen LogP contribution is -2.56. The average molecular weight is 569 g/mol. The van der Waals surface area contributed by atoms with E-state index < -0.39 is 18.1 Å². The van der Waals surface area contributed by atoms with Crippen LogP contribution >= 0.6 is 11.8 Å². The van der Waals surface area contributed by atoms with Crippen molar-refractivity contribution in [2.24, 2.45) is 0 Å². The fourth-order valence-corrected chi connectivity index (χ4v) is 6.54. The van der Waals surface area contributed by atoms with Gasteiger partial charge in [0.25, 0.3) is 5.91 Å². The number of hydrogen-bond acceptors (Lipinski definition) is 5. The highest BCUT2D eigenvalue weighted by Crippen LogP contribution is 2.46. The third-order valence-electron chi connectivity index (χ3n) is 8.04. The summed E-state index contributed by atoms with van der Waals surface area (Å²) in [5.74, 6) is 0.616. The third-order valence-corrected chi connectivity index (χ3v) is 8.69. The Hall–Kier alpha value is -4.24. The van der Waals surface area contributed by atoms with Crippen molar-refractivity contribution in [1.82, 2.24) is 20.5 Å². The summed E-state index contributed by atoms with van der Waals surface area (Å²) < 4.78 is 5.41. The summed E-state index contributed by atoms with van der Waals surface area (Å²) >= 11 is 1.61. The van der Waals surface area contributed by atoms with E-state index in [4.69, 9.17) is 4.74 Å². The highest BCUT2D eigenvalue weighted by molar-refractivity contribution is 7.98. The zero-order valence-electron chi connectivity index (χ0n) is 23.0. The number of rotatable bonds is 9. The Morgan fingerprint density at radius 1 is 1.07 bits per heavy atom. The van der Waals surface area contributed by atoms with Gasteiger partial charge in [0.2, 0.25) is 11.8 Å². The van der Waals surface area contributed by atoms with Crippen LogP contribution in [-0.2, 0) is 22.6 Å². The fourth-order valence-electron chi connectivity index (χ4n) is 6.06. The molecule has 0 saturated carbocycles. The summed E-state index contributed by atoms with van der Waals surface area (Å²) in [6.07, 6.45) is 2.79. The van der Waals surface area contributed by atoms with Crippen LogP contribution in [0, 0.1) is 0 Å². The van der Waals surface area contributed by atoms with Crippen LogP contribution in [0.5, 0.6) is 5.75 Å². The molecule has 0 spiro atoms. The molecular formula is C32H32N4O4S. The van der Waals surface area contributed by atoms with Gasteiger partial charge in [-0.2, -0.15) is 11.8 Å². The molecule has 3 aromatic carbocycles. The van der Waals surface area contributed by atoms with Crippen LogP contribution in [0.25, 0.3) is 10.9 Å². The van der Waals surface area contributed by atoms with Gasteiger partial charge >= 0.3 is 0 Å². The van der Waals surface area contributed by atoms with E-state index in [2.05, 4.69) is 15.6 Å². The monoisotopic (exact) mass is 568 g/mol. The summed E-state index contributed by atoms with van der Waals surface area (Å²) in [6, 6.07) is 21.2. The average Bonchev–Trinajstić information content (AvgIpc) is 3.53. The lowest BCUT2D eigenvalue weighted by atomic mass is 9.89. The standard InChI is InChI=1S/C32H32N4O4S/c1-40-27-14-8-3-9-19(27)18-33-30(37)25(15-16-41-2)35-31(38)26-17-23-20-10-6-7-13-24(20)34-28(23)29-21-11-4-5-12-22(21)32(39)36(26)29/h3-14,25-26,29,34H,15-18H2,1-2H3,(H,33,37)(H,35,38)/t25-,26-,29?/m0/s1. The minimum atomic E-state index is -0.759. The second-order valence-corrected chi connectivity index (χ2v) is 11.3. The first-order valence-electron chi connectivity index (χ1n) is 13.7. The van der Waals surface area contributed by atoms with Crippen LogP contribution in [0.2, 0.25) is 0 Å². The molecule has 3 amide bonds. The summed E-state index contributed by atoms with van der Waals surface area (Å²) in [6.45, 7) is 0.276. The summed E-state index contributed by atoms with van der Waals surface area (Å²) in [5, 5.41) is 7.03. The first-order chi connectivity index (χ1) is 20.0. The van der Waals surface area contributed by atoms with E-state index >= 15 is 0 Å². The van der Waals surface area contributed by atoms with Crippen molar-refractivity contribution < 1.29 is 19.1 Å². The van der Waals surface area contributed by atoms with Gasteiger partial charge in [0.15, 0.2) is 0 Å². The van der Waals surface area contributed by atoms with Crippen LogP contribution in [-0.4, -0.2) is 58.8 Å². The van der Waals surface area contributed by atoms with E-state index in [-0.39, 0.29) is 24.3 Å². The zero-order valence-corrected chi connectivity index (χ0v) is 23.8. The number of H-pyrrole nitrogens is 1. The van der Waals surface area contributed by atoms with Gasteiger partial charge in [-0.1, -0.05) is 54.6 Å². The number of fused-ring (bicyclic) bond motifs is 7. The van der Waals surface area contributed by atoms with E-state index in [0.717, 1.165) is 33.3 Å². The predicted molar refractivity (Wildman–Crippen MR) is 160 cm³/mol. The van der Waals surface area contributed by atoms with Gasteiger partial charge in [-0.25, -0.2) is 0 Å². The molecule has 3 N–H and O–H groups in total. The van der Waals surface area contributed by atoms with Gasteiger partial charge in [-0.3, -0.25) is 14.4 Å². The van der Waals surface area contributed by atoms with Crippen LogP contribution in [0.1, 0.15) is 45.2 Å². The van der Waals surface area contributed by atoms with E-state index in [1.807, 2.05) is 79.1 Å². The van der Waals surface area contributed by atoms with Crippen molar-refractivity contribution in [1.29, 1.82) is 0 Å². The molecule has 4 aromatic rings. The quantitative estimate of drug-likeness (QED) is 0.281. The normalized spacial score (nSPS) is 17.9. The number of amides is 3. The molecule has 0 bridgehead atoms. The second kappa shape index (κ2) is 11.3. The Kier molecular flexibility index (Phi) is 7.45. The number of benzene rings is 3. The molecule has 210 valence electrons. The zero-order chi connectivity index (χ0) is 28.5. The number of methoxy groups -OCH3 is 1. The Bertz CT molecular complexity index is 1630. The molecule has 0 radical (unpaired) electrons. The van der Waals surface area contributed by atoms with Gasteiger partial charge in [0, 0.05) is 40.7 Å². The molecule has 0 fully saturated rings. The molecule has 9 heteroatoms. The SMILES string of the molecule is COc1ccccc1CNC(=O)[C@H](CCSC)NC(=O)[C@@H]1Cc2c([nH]c3ccccc23)C2c3ccccc3C(=O)N21. The minimum Gasteiger partial charge on any atom is -0.496 e. The number of aromatic amines is 1. The summed E-state index contributed by atoms with van der Waals surface area (Å²) in [7, 11) is 1.59. The Morgan fingerprint density at radius 2 is 1.83 bits per heavy atom. The topological polar surface area (TPSA) is 104 Å². The van der Waals surface area contributed by atoms with Gasteiger partial charge in [0.05, 0.1) is 13.2 Å². The smallest absolute Gasteiger partial charge is 0.255 e. The number of para-hydroxylation sites is 2. The molecule has 1 aromatic heterocycles. The maximum Gasteiger partial charge on any atom is 0.255 e. The van der Waals surface area contributed by atoms with Gasteiger partial charge < -0.3 is 25.3 Å². The maximum atomic E-state index is 14.0. The van der Waals surface area contributed by atoms with E-state index in [1.165, 1.54) is 0 Å². The van der Waals surface area contributed by atoms with Crippen LogP contribution in [0.4, 0.5) is 0 Å². The molecule has 1 unspecified atom stereocenters. The van der Waals surface area contributed by atoms with Gasteiger partial charge in [0.1, 0.15) is 17.8 Å². The van der Waals surface area contributed by atoms with E-state index in [1.54, 1.807) is 23.8 Å². The van der Waals surface area contributed by atoms with Crippen molar-refractivity contribution >= 4 is 40.4 Å². The highest BCUT2D eigenvalue weighted by Gasteiger charge is 2.49. The second-order valence-electron chi connectivity index (χ2n) is 10.4. The predicted octanol–water partition coefficient (Wildman–Crippen LogP) is 4.20. The Morgan fingerprint density at radius 3 is 2.66 bits per heavy atom. The summed E-state index contributed by atoms with van der Waals surface area (Å²) in [5.41, 5.74) is 5.30. The molecule has 3 atom stereocenters. The fraction of sp³-hybridized carbons (Fsp3) is 0.281. The molecule has 2 aliphatic rings. The molecule has 6 rings (SSSR count). The number of thioether (sulfide) groups is 1. The molecular weight excluding hydrogens is 536 g/mol. The number of aromatic nitrogens is 1. The number of nitrogens with one attached hydrogen (secondary N) is 3. The Labute approximate surface area is 242 Å². The molecule has 8 nitrogen and oxygen atoms in total. The third kappa shape index (κ3) is 4.84. The Balaban J connectivity index is 1.29. The van der Waals surface area contributed by atoms with E-state index in [0.29, 0.717) is 29.9 Å². The van der Waals surface area contributed by atoms with Crippen molar-refractivity contribution in [2.75, 3.05) is 19.1 Å². The molecule has 3 heterocycles. The number of carbonyl (C=O) groups is 3. The number of hydrogen-bond donors (Lipinski definition) is 3. The van der Waals surface area contributed by atoms with Crippen molar-refractivity contribution in [3.05, 3.63) is 101 Å². The van der Waals surface area contributed by atoms with E-state index in [9.17, 15) is 14.4 Å². The lowest BCUT2D eigenvalue weighted by molar-refractivity contribution is -0.132. The van der Waals surface area contributed by atoms with Crippen LogP contribution in [0.3, 0.4) is 0 Å². The molecule has 0 aliphatic carbocycles. The summed E-state index contributed by atoms with van der Waals surface area (Å²) in [4.78, 5) is 46.4. The number of carbonyl (C=O) groups excluding carboxylic acids is 3. The van der Waals surface area contributed by atoms with Crippen molar-refractivity contribution in [3.63, 3.8) is 0 Å². The highest BCUT2D eigenvalue weighted by atomic mass is 32.2. The van der Waals surface area contributed by atoms with Crippen LogP contribution in [0.15, 0.2) is 72.8 Å². The van der Waals surface area contributed by atoms with Gasteiger partial charge in [-0.05, 0) is 47.8 Å². The lowest BCUT2D eigenvalue weighted by Gasteiger charge is -2.37. The molecule has 41 heavy (non-hydrogen) atoms. The number of nitrogens with zero attached hydrogens (tertiary/aromatic N) is 1. The first kappa shape index (κ1) is 27.0. The molecule has 0 saturated heterocycles. The maximum absolute atomic E-state index is 14.0. The van der Waals surface area contributed by atoms with Gasteiger partial charge in [-0.15, -0.1) is 0 Å². The first-order valence-corrected chi connectivity index (χ1v) is 15.1.